The molecule has 1 aliphatic rings. The van der Waals surface area contributed by atoms with Crippen molar-refractivity contribution in [3.63, 3.8) is 0 Å². The number of aromatic nitrogens is 1. The van der Waals surface area contributed by atoms with Crippen molar-refractivity contribution in [1.82, 2.24) is 10.3 Å². The monoisotopic (exact) mass is 357 g/mol. The van der Waals surface area contributed by atoms with E-state index in [9.17, 15) is 4.79 Å². The van der Waals surface area contributed by atoms with E-state index in [1.54, 1.807) is 18.0 Å². The summed E-state index contributed by atoms with van der Waals surface area (Å²) in [4.78, 5) is 16.2. The summed E-state index contributed by atoms with van der Waals surface area (Å²) in [6.45, 7) is 4.09. The zero-order valence-electron chi connectivity index (χ0n) is 11.7. The highest BCUT2D eigenvalue weighted by atomic mass is 79.9. The van der Waals surface area contributed by atoms with Gasteiger partial charge in [0.2, 0.25) is 5.91 Å². The van der Waals surface area contributed by atoms with Crippen molar-refractivity contribution in [3.8, 4) is 0 Å². The summed E-state index contributed by atoms with van der Waals surface area (Å²) in [5.41, 5.74) is 5.07. The average Bonchev–Trinajstić information content (AvgIpc) is 2.76. The number of rotatable bonds is 5. The fraction of sp³-hybridized carbons (Fsp3) is 0.571. The summed E-state index contributed by atoms with van der Waals surface area (Å²) in [6.07, 6.45) is 4.34. The number of carbonyl (C=O) groups is 1. The van der Waals surface area contributed by atoms with Crippen molar-refractivity contribution in [2.75, 3.05) is 0 Å². The molecule has 110 valence electrons. The molecule has 1 aromatic rings. The molecular formula is C14H20BrN3OS. The maximum atomic E-state index is 11.8. The highest BCUT2D eigenvalue weighted by Gasteiger charge is 2.44. The highest BCUT2D eigenvalue weighted by molar-refractivity contribution is 9.10. The number of halogens is 1. The first-order valence-electron chi connectivity index (χ1n) is 6.77. The molecule has 1 aliphatic carbocycles. The second-order valence-electron chi connectivity index (χ2n) is 5.54. The van der Waals surface area contributed by atoms with Crippen molar-refractivity contribution in [1.29, 1.82) is 0 Å². The minimum absolute atomic E-state index is 0.238. The zero-order valence-corrected chi connectivity index (χ0v) is 14.1. The van der Waals surface area contributed by atoms with Crippen LogP contribution in [0.3, 0.4) is 0 Å². The minimum atomic E-state index is -0.554. The van der Waals surface area contributed by atoms with Crippen LogP contribution in [0.5, 0.6) is 0 Å². The van der Waals surface area contributed by atoms with Crippen molar-refractivity contribution in [2.45, 2.75) is 55.0 Å². The van der Waals surface area contributed by atoms with Crippen LogP contribution in [0.15, 0.2) is 27.8 Å². The number of thioether (sulfide) groups is 1. The number of pyridine rings is 1. The number of carbonyl (C=O) groups excluding carboxylic acids is 1. The first-order valence-corrected chi connectivity index (χ1v) is 8.44. The molecule has 1 aromatic heterocycles. The van der Waals surface area contributed by atoms with Gasteiger partial charge in [0, 0.05) is 22.0 Å². The zero-order chi connectivity index (χ0) is 14.8. The Kier molecular flexibility index (Phi) is 5.09. The van der Waals surface area contributed by atoms with E-state index in [0.29, 0.717) is 5.25 Å². The Balaban J connectivity index is 2.03. The summed E-state index contributed by atoms with van der Waals surface area (Å²) in [7, 11) is 0. The third-order valence-electron chi connectivity index (χ3n) is 3.49. The van der Waals surface area contributed by atoms with Crippen LogP contribution in [0.25, 0.3) is 0 Å². The van der Waals surface area contributed by atoms with E-state index in [-0.39, 0.29) is 11.9 Å². The maximum Gasteiger partial charge on any atom is 0.237 e. The Morgan fingerprint density at radius 3 is 2.90 bits per heavy atom. The maximum absolute atomic E-state index is 11.8. The van der Waals surface area contributed by atoms with Crippen LogP contribution in [0.2, 0.25) is 0 Å². The van der Waals surface area contributed by atoms with Crippen LogP contribution in [0.1, 0.15) is 33.1 Å². The second-order valence-corrected chi connectivity index (χ2v) is 7.78. The molecule has 4 nitrogen and oxygen atoms in total. The fourth-order valence-corrected chi connectivity index (χ4v) is 4.12. The predicted octanol–water partition coefficient (Wildman–Crippen LogP) is 2.71. The van der Waals surface area contributed by atoms with E-state index < -0.39 is 5.54 Å². The number of nitrogens with two attached hydrogens (primary N) is 1. The molecule has 1 fully saturated rings. The molecule has 0 bridgehead atoms. The molecule has 6 heteroatoms. The van der Waals surface area contributed by atoms with E-state index in [1.165, 1.54) is 0 Å². The third kappa shape index (κ3) is 3.74. The number of nitrogens with one attached hydrogen (secondary N) is 1. The van der Waals surface area contributed by atoms with Gasteiger partial charge in [-0.05, 0) is 61.2 Å². The molecule has 0 aromatic carbocycles. The van der Waals surface area contributed by atoms with E-state index in [0.717, 1.165) is 28.8 Å². The molecule has 2 atom stereocenters. The van der Waals surface area contributed by atoms with Gasteiger partial charge in [0.25, 0.3) is 0 Å². The van der Waals surface area contributed by atoms with E-state index in [1.807, 2.05) is 26.0 Å². The van der Waals surface area contributed by atoms with Crippen LogP contribution in [0.4, 0.5) is 0 Å². The summed E-state index contributed by atoms with van der Waals surface area (Å²) >= 11 is 5.11. The summed E-state index contributed by atoms with van der Waals surface area (Å²) in [5.74, 6) is -0.238. The van der Waals surface area contributed by atoms with Crippen LogP contribution < -0.4 is 11.1 Å². The van der Waals surface area contributed by atoms with Gasteiger partial charge >= 0.3 is 0 Å². The quantitative estimate of drug-likeness (QED) is 0.849. The largest absolute Gasteiger partial charge is 0.368 e. The Labute approximate surface area is 132 Å². The number of primary amides is 1. The molecule has 1 heterocycles. The van der Waals surface area contributed by atoms with Gasteiger partial charge < -0.3 is 11.1 Å². The van der Waals surface area contributed by atoms with Crippen LogP contribution in [0, 0.1) is 0 Å². The lowest BCUT2D eigenvalue weighted by Crippen LogP contribution is -2.56. The van der Waals surface area contributed by atoms with E-state index >= 15 is 0 Å². The molecule has 20 heavy (non-hydrogen) atoms. The Morgan fingerprint density at radius 1 is 1.60 bits per heavy atom. The minimum Gasteiger partial charge on any atom is -0.368 e. The van der Waals surface area contributed by atoms with Gasteiger partial charge in [-0.3, -0.25) is 4.79 Å². The molecule has 2 rings (SSSR count). The lowest BCUT2D eigenvalue weighted by atomic mass is 9.96. The summed E-state index contributed by atoms with van der Waals surface area (Å²) < 4.78 is 0.973. The van der Waals surface area contributed by atoms with Crippen molar-refractivity contribution in [3.05, 3.63) is 22.8 Å². The Morgan fingerprint density at radius 2 is 2.35 bits per heavy atom. The summed E-state index contributed by atoms with van der Waals surface area (Å²) in [5, 5.41) is 4.73. The van der Waals surface area contributed by atoms with Crippen LogP contribution in [-0.4, -0.2) is 27.7 Å². The van der Waals surface area contributed by atoms with Gasteiger partial charge in [-0.1, -0.05) is 0 Å². The number of nitrogens with zero attached hydrogens (tertiary/aromatic N) is 1. The Hall–Kier alpha value is -0.590. The first-order chi connectivity index (χ1) is 9.41. The molecule has 1 saturated carbocycles. The SMILES string of the molecule is CC(C)NC1(C(N)=O)CCC(Sc2ccc(Br)cn2)C1. The van der Waals surface area contributed by atoms with Gasteiger partial charge in [0.1, 0.15) is 0 Å². The van der Waals surface area contributed by atoms with Crippen LogP contribution in [-0.2, 0) is 4.79 Å². The van der Waals surface area contributed by atoms with Crippen LogP contribution >= 0.6 is 27.7 Å². The smallest absolute Gasteiger partial charge is 0.237 e. The summed E-state index contributed by atoms with van der Waals surface area (Å²) in [6, 6.07) is 4.23. The predicted molar refractivity (Wildman–Crippen MR) is 85.6 cm³/mol. The van der Waals surface area contributed by atoms with Gasteiger partial charge in [-0.15, -0.1) is 11.8 Å². The molecule has 3 N–H and O–H groups in total. The number of hydrogen-bond acceptors (Lipinski definition) is 4. The van der Waals surface area contributed by atoms with E-state index in [4.69, 9.17) is 5.73 Å². The fourth-order valence-electron chi connectivity index (χ4n) is 2.68. The lowest BCUT2D eigenvalue weighted by Gasteiger charge is -2.29. The molecule has 1 amide bonds. The van der Waals surface area contributed by atoms with Crippen molar-refractivity contribution >= 4 is 33.6 Å². The normalized spacial score (nSPS) is 26.1. The standard InChI is InChI=1S/C14H20BrN3OS/c1-9(2)18-14(13(16)19)6-5-11(7-14)20-12-4-3-10(15)8-17-12/h3-4,8-9,11,18H,5-7H2,1-2H3,(H2,16,19). The molecule has 0 saturated heterocycles. The van der Waals surface area contributed by atoms with Crippen molar-refractivity contribution < 1.29 is 4.79 Å². The molecule has 0 spiro atoms. The van der Waals surface area contributed by atoms with E-state index in [2.05, 4.69) is 26.2 Å². The van der Waals surface area contributed by atoms with Gasteiger partial charge in [-0.25, -0.2) is 4.98 Å². The van der Waals surface area contributed by atoms with Crippen molar-refractivity contribution in [2.24, 2.45) is 5.73 Å². The molecule has 0 radical (unpaired) electrons. The Bertz CT molecular complexity index is 480. The van der Waals surface area contributed by atoms with Gasteiger partial charge in [-0.2, -0.15) is 0 Å². The molecule has 0 aliphatic heterocycles. The highest BCUT2D eigenvalue weighted by Crippen LogP contribution is 2.40. The number of amides is 1. The molecular weight excluding hydrogens is 338 g/mol. The molecule has 2 unspecified atom stereocenters. The van der Waals surface area contributed by atoms with Gasteiger partial charge in [0.05, 0.1) is 10.6 Å². The number of hydrogen-bond donors (Lipinski definition) is 2. The lowest BCUT2D eigenvalue weighted by molar-refractivity contribution is -0.124. The third-order valence-corrected chi connectivity index (χ3v) is 5.18. The topological polar surface area (TPSA) is 68.0 Å². The average molecular weight is 358 g/mol. The first kappa shape index (κ1) is 15.8. The second kappa shape index (κ2) is 6.45. The van der Waals surface area contributed by atoms with Gasteiger partial charge in [0.15, 0.2) is 0 Å².